The maximum atomic E-state index is 12.4. The molecule has 0 aliphatic carbocycles. The first-order valence-electron chi connectivity index (χ1n) is 7.02. The second kappa shape index (κ2) is 5.27. The van der Waals surface area contributed by atoms with Crippen molar-refractivity contribution in [2.45, 2.75) is 33.7 Å². The van der Waals surface area contributed by atoms with Crippen molar-refractivity contribution >= 4 is 11.9 Å². The molecule has 0 N–H and O–H groups in total. The Balaban J connectivity index is 2.43. The largest absolute Gasteiger partial charge is 0.327 e. The van der Waals surface area contributed by atoms with E-state index in [0.717, 1.165) is 5.56 Å². The molecule has 1 aliphatic rings. The Bertz CT molecular complexity index is 505. The summed E-state index contributed by atoms with van der Waals surface area (Å²) in [6.45, 7) is 8.81. The van der Waals surface area contributed by atoms with E-state index in [2.05, 4.69) is 20.8 Å². The SMILES string of the molecule is CCN1CC(=O)N([C@@H](c2ccccc2)C(C)(C)C)C1=O. The minimum absolute atomic E-state index is 0.111. The van der Waals surface area contributed by atoms with Crippen LogP contribution in [0.5, 0.6) is 0 Å². The van der Waals surface area contributed by atoms with Gasteiger partial charge in [-0.2, -0.15) is 0 Å². The molecular weight excluding hydrogens is 252 g/mol. The van der Waals surface area contributed by atoms with E-state index >= 15 is 0 Å². The minimum atomic E-state index is -0.236. The van der Waals surface area contributed by atoms with E-state index in [0.29, 0.717) is 6.54 Å². The number of nitrogens with zero attached hydrogens (tertiary/aromatic N) is 2. The average Bonchev–Trinajstić information content (AvgIpc) is 2.66. The monoisotopic (exact) mass is 274 g/mol. The maximum absolute atomic E-state index is 12.4. The third-order valence-corrected chi connectivity index (χ3v) is 3.65. The molecular formula is C16H22N2O2. The molecule has 0 spiro atoms. The second-order valence-corrected chi connectivity index (χ2v) is 6.24. The lowest BCUT2D eigenvalue weighted by molar-refractivity contribution is -0.128. The van der Waals surface area contributed by atoms with Crippen molar-refractivity contribution in [2.75, 3.05) is 13.1 Å². The highest BCUT2D eigenvalue weighted by Gasteiger charge is 2.44. The molecule has 108 valence electrons. The van der Waals surface area contributed by atoms with Gasteiger partial charge in [-0.1, -0.05) is 51.1 Å². The van der Waals surface area contributed by atoms with Crippen LogP contribution in [0.4, 0.5) is 4.79 Å². The van der Waals surface area contributed by atoms with E-state index in [-0.39, 0.29) is 29.9 Å². The first kappa shape index (κ1) is 14.6. The van der Waals surface area contributed by atoms with Gasteiger partial charge in [-0.3, -0.25) is 9.69 Å². The summed E-state index contributed by atoms with van der Waals surface area (Å²) in [7, 11) is 0. The Morgan fingerprint density at radius 3 is 2.20 bits per heavy atom. The quantitative estimate of drug-likeness (QED) is 0.795. The molecule has 4 nitrogen and oxygen atoms in total. The van der Waals surface area contributed by atoms with Crippen molar-refractivity contribution in [2.24, 2.45) is 5.41 Å². The van der Waals surface area contributed by atoms with E-state index in [9.17, 15) is 9.59 Å². The molecule has 0 saturated carbocycles. The summed E-state index contributed by atoms with van der Waals surface area (Å²) in [5, 5.41) is 0. The highest BCUT2D eigenvalue weighted by Crippen LogP contribution is 2.39. The predicted molar refractivity (Wildman–Crippen MR) is 78.1 cm³/mol. The molecule has 1 heterocycles. The Morgan fingerprint density at radius 2 is 1.75 bits per heavy atom. The van der Waals surface area contributed by atoms with Crippen LogP contribution in [0.15, 0.2) is 30.3 Å². The summed E-state index contributed by atoms with van der Waals surface area (Å²) in [5.74, 6) is -0.111. The van der Waals surface area contributed by atoms with E-state index < -0.39 is 0 Å². The van der Waals surface area contributed by atoms with Gasteiger partial charge in [0.2, 0.25) is 0 Å². The fraction of sp³-hybridized carbons (Fsp3) is 0.500. The van der Waals surface area contributed by atoms with Gasteiger partial charge in [0.05, 0.1) is 6.04 Å². The molecule has 0 unspecified atom stereocenters. The minimum Gasteiger partial charge on any atom is -0.315 e. The highest BCUT2D eigenvalue weighted by molar-refractivity contribution is 6.02. The molecule has 0 aromatic heterocycles. The first-order chi connectivity index (χ1) is 9.36. The summed E-state index contributed by atoms with van der Waals surface area (Å²) >= 11 is 0. The smallest absolute Gasteiger partial charge is 0.315 e. The van der Waals surface area contributed by atoms with Gasteiger partial charge in [0.25, 0.3) is 5.91 Å². The molecule has 3 amide bonds. The zero-order valence-electron chi connectivity index (χ0n) is 12.6. The van der Waals surface area contributed by atoms with Crippen LogP contribution in [0.3, 0.4) is 0 Å². The van der Waals surface area contributed by atoms with Crippen LogP contribution in [0.25, 0.3) is 0 Å². The van der Waals surface area contributed by atoms with Crippen molar-refractivity contribution in [1.29, 1.82) is 0 Å². The molecule has 1 aromatic rings. The number of hydrogen-bond donors (Lipinski definition) is 0. The van der Waals surface area contributed by atoms with E-state index in [1.54, 1.807) is 4.90 Å². The highest BCUT2D eigenvalue weighted by atomic mass is 16.2. The van der Waals surface area contributed by atoms with Gasteiger partial charge < -0.3 is 4.90 Å². The van der Waals surface area contributed by atoms with Crippen LogP contribution in [0.1, 0.15) is 39.3 Å². The maximum Gasteiger partial charge on any atom is 0.327 e. The number of rotatable bonds is 3. The van der Waals surface area contributed by atoms with Gasteiger partial charge in [-0.05, 0) is 17.9 Å². The van der Waals surface area contributed by atoms with Crippen LogP contribution >= 0.6 is 0 Å². The predicted octanol–water partition coefficient (Wildman–Crippen LogP) is 3.06. The number of carbonyl (C=O) groups excluding carboxylic acids is 2. The normalized spacial score (nSPS) is 17.8. The number of imide groups is 1. The average molecular weight is 274 g/mol. The van der Waals surface area contributed by atoms with Crippen molar-refractivity contribution in [3.8, 4) is 0 Å². The number of likely N-dealkylation sites (N-methyl/N-ethyl adjacent to an activating group) is 1. The van der Waals surface area contributed by atoms with Crippen LogP contribution in [-0.4, -0.2) is 34.8 Å². The molecule has 0 bridgehead atoms. The van der Waals surface area contributed by atoms with Crippen LogP contribution < -0.4 is 0 Å². The second-order valence-electron chi connectivity index (χ2n) is 6.24. The Labute approximate surface area is 120 Å². The van der Waals surface area contributed by atoms with Gasteiger partial charge >= 0.3 is 6.03 Å². The summed E-state index contributed by atoms with van der Waals surface area (Å²) in [4.78, 5) is 27.7. The van der Waals surface area contributed by atoms with Crippen LogP contribution in [0.2, 0.25) is 0 Å². The van der Waals surface area contributed by atoms with Gasteiger partial charge in [0, 0.05) is 6.54 Å². The summed E-state index contributed by atoms with van der Waals surface area (Å²) in [6.07, 6.45) is 0. The van der Waals surface area contributed by atoms with Crippen molar-refractivity contribution in [3.63, 3.8) is 0 Å². The fourth-order valence-electron chi connectivity index (χ4n) is 2.74. The van der Waals surface area contributed by atoms with Crippen molar-refractivity contribution in [3.05, 3.63) is 35.9 Å². The first-order valence-corrected chi connectivity index (χ1v) is 7.02. The van der Waals surface area contributed by atoms with Crippen molar-refractivity contribution in [1.82, 2.24) is 9.80 Å². The summed E-state index contributed by atoms with van der Waals surface area (Å²) in [5.41, 5.74) is 0.788. The molecule has 1 aromatic carbocycles. The third kappa shape index (κ3) is 2.55. The fourth-order valence-corrected chi connectivity index (χ4v) is 2.74. The Morgan fingerprint density at radius 1 is 1.15 bits per heavy atom. The molecule has 1 aliphatic heterocycles. The zero-order chi connectivity index (χ0) is 14.9. The number of carbonyl (C=O) groups is 2. The molecule has 20 heavy (non-hydrogen) atoms. The van der Waals surface area contributed by atoms with Crippen LogP contribution in [0, 0.1) is 5.41 Å². The van der Waals surface area contributed by atoms with Gasteiger partial charge in [0.1, 0.15) is 6.54 Å². The lowest BCUT2D eigenvalue weighted by atomic mass is 9.81. The van der Waals surface area contributed by atoms with E-state index in [1.165, 1.54) is 4.90 Å². The lowest BCUT2D eigenvalue weighted by Crippen LogP contribution is -2.42. The zero-order valence-corrected chi connectivity index (χ0v) is 12.6. The van der Waals surface area contributed by atoms with Crippen LogP contribution in [-0.2, 0) is 4.79 Å². The number of urea groups is 1. The molecule has 0 radical (unpaired) electrons. The Kier molecular flexibility index (Phi) is 3.84. The lowest BCUT2D eigenvalue weighted by Gasteiger charge is -2.36. The number of hydrogen-bond acceptors (Lipinski definition) is 2. The third-order valence-electron chi connectivity index (χ3n) is 3.65. The molecule has 1 atom stereocenters. The molecule has 1 saturated heterocycles. The number of benzene rings is 1. The van der Waals surface area contributed by atoms with Gasteiger partial charge in [-0.15, -0.1) is 0 Å². The van der Waals surface area contributed by atoms with E-state index in [4.69, 9.17) is 0 Å². The molecule has 1 fully saturated rings. The topological polar surface area (TPSA) is 40.6 Å². The molecule has 2 rings (SSSR count). The van der Waals surface area contributed by atoms with Gasteiger partial charge in [-0.25, -0.2) is 4.79 Å². The van der Waals surface area contributed by atoms with E-state index in [1.807, 2.05) is 37.3 Å². The molecule has 4 heteroatoms. The standard InChI is InChI=1S/C16H22N2O2/c1-5-17-11-13(19)18(15(17)20)14(16(2,3)4)12-9-7-6-8-10-12/h6-10,14H,5,11H2,1-4H3/t14-/m0/s1. The summed E-state index contributed by atoms with van der Waals surface area (Å²) in [6, 6.07) is 9.36. The van der Waals surface area contributed by atoms with Gasteiger partial charge in [0.15, 0.2) is 0 Å². The van der Waals surface area contributed by atoms with Crippen molar-refractivity contribution < 1.29 is 9.59 Å². The summed E-state index contributed by atoms with van der Waals surface area (Å²) < 4.78 is 0. The Hall–Kier alpha value is -1.84. The number of amides is 3.